The molecule has 3 heteroatoms. The Morgan fingerprint density at radius 3 is 2.46 bits per heavy atom. The van der Waals surface area contributed by atoms with Crippen LogP contribution in [0.3, 0.4) is 0 Å². The van der Waals surface area contributed by atoms with Crippen molar-refractivity contribution in [3.63, 3.8) is 0 Å². The number of urea groups is 1. The Morgan fingerprint density at radius 2 is 1.92 bits per heavy atom. The molecular formula is C10H14N2O. The van der Waals surface area contributed by atoms with E-state index in [4.69, 9.17) is 0 Å². The first kappa shape index (κ1) is 9.58. The Bertz CT molecular complexity index is 279. The van der Waals surface area contributed by atoms with Crippen molar-refractivity contribution < 1.29 is 4.79 Å². The molecule has 0 atom stereocenters. The highest BCUT2D eigenvalue weighted by Gasteiger charge is 1.97. The second-order valence-electron chi connectivity index (χ2n) is 2.85. The lowest BCUT2D eigenvalue weighted by atomic mass is 10.2. The van der Waals surface area contributed by atoms with E-state index in [1.165, 1.54) is 5.56 Å². The third-order valence-electron chi connectivity index (χ3n) is 1.65. The molecule has 0 aromatic heterocycles. The van der Waals surface area contributed by atoms with Gasteiger partial charge in [-0.3, -0.25) is 0 Å². The molecule has 0 saturated carbocycles. The van der Waals surface area contributed by atoms with Gasteiger partial charge in [-0.25, -0.2) is 4.79 Å². The van der Waals surface area contributed by atoms with Gasteiger partial charge in [0.05, 0.1) is 0 Å². The summed E-state index contributed by atoms with van der Waals surface area (Å²) in [5.41, 5.74) is 2.00. The smallest absolute Gasteiger partial charge is 0.319 e. The zero-order valence-electron chi connectivity index (χ0n) is 7.92. The summed E-state index contributed by atoms with van der Waals surface area (Å²) >= 11 is 0. The number of rotatable bonds is 2. The minimum absolute atomic E-state index is 0.161. The van der Waals surface area contributed by atoms with Gasteiger partial charge >= 0.3 is 6.03 Å². The Morgan fingerprint density at radius 1 is 1.31 bits per heavy atom. The third-order valence-corrected chi connectivity index (χ3v) is 1.65. The van der Waals surface area contributed by atoms with E-state index in [1.54, 1.807) is 0 Å². The average molecular weight is 178 g/mol. The number of carbonyl (C=O) groups is 1. The third kappa shape index (κ3) is 3.15. The molecule has 0 heterocycles. The monoisotopic (exact) mass is 178 g/mol. The van der Waals surface area contributed by atoms with Crippen molar-refractivity contribution in [2.75, 3.05) is 11.9 Å². The highest BCUT2D eigenvalue weighted by molar-refractivity contribution is 5.89. The van der Waals surface area contributed by atoms with Crippen LogP contribution in [0, 0.1) is 6.92 Å². The fourth-order valence-corrected chi connectivity index (χ4v) is 0.973. The van der Waals surface area contributed by atoms with Crippen molar-refractivity contribution in [3.8, 4) is 0 Å². The predicted octanol–water partition coefficient (Wildman–Crippen LogP) is 2.14. The normalized spacial score (nSPS) is 9.38. The van der Waals surface area contributed by atoms with E-state index >= 15 is 0 Å². The quantitative estimate of drug-likeness (QED) is 0.715. The molecule has 1 aromatic rings. The van der Waals surface area contributed by atoms with Gasteiger partial charge in [0.2, 0.25) is 0 Å². The predicted molar refractivity (Wildman–Crippen MR) is 53.9 cm³/mol. The molecule has 2 N–H and O–H groups in total. The van der Waals surface area contributed by atoms with Crippen molar-refractivity contribution in [2.45, 2.75) is 13.8 Å². The summed E-state index contributed by atoms with van der Waals surface area (Å²) in [5.74, 6) is 0. The first-order valence-electron chi connectivity index (χ1n) is 4.34. The maximum Gasteiger partial charge on any atom is 0.319 e. The zero-order valence-corrected chi connectivity index (χ0v) is 7.92. The lowest BCUT2D eigenvalue weighted by Gasteiger charge is -2.05. The number of carbonyl (C=O) groups excluding carboxylic acids is 1. The van der Waals surface area contributed by atoms with Crippen LogP contribution in [0.1, 0.15) is 12.5 Å². The SMILES string of the molecule is CCNC(=O)Nc1ccc(C)cc1. The number of hydrogen-bond donors (Lipinski definition) is 2. The van der Waals surface area contributed by atoms with E-state index in [0.29, 0.717) is 6.54 Å². The number of nitrogens with one attached hydrogen (secondary N) is 2. The van der Waals surface area contributed by atoms with Crippen LogP contribution >= 0.6 is 0 Å². The highest BCUT2D eigenvalue weighted by Crippen LogP contribution is 2.07. The standard InChI is InChI=1S/C10H14N2O/c1-3-11-10(13)12-9-6-4-8(2)5-7-9/h4-7H,3H2,1-2H3,(H2,11,12,13). The minimum Gasteiger partial charge on any atom is -0.338 e. The lowest BCUT2D eigenvalue weighted by molar-refractivity contribution is 0.252. The lowest BCUT2D eigenvalue weighted by Crippen LogP contribution is -2.28. The van der Waals surface area contributed by atoms with Gasteiger partial charge in [-0.2, -0.15) is 0 Å². The average Bonchev–Trinajstić information content (AvgIpc) is 2.09. The van der Waals surface area contributed by atoms with Crippen molar-refractivity contribution in [2.24, 2.45) is 0 Å². The summed E-state index contributed by atoms with van der Waals surface area (Å²) in [4.78, 5) is 11.1. The maximum atomic E-state index is 11.1. The van der Waals surface area contributed by atoms with Gasteiger partial charge < -0.3 is 10.6 Å². The molecule has 13 heavy (non-hydrogen) atoms. The van der Waals surface area contributed by atoms with Crippen LogP contribution in [0.5, 0.6) is 0 Å². The summed E-state index contributed by atoms with van der Waals surface area (Å²) in [6.07, 6.45) is 0. The van der Waals surface area contributed by atoms with Crippen LogP contribution in [0.25, 0.3) is 0 Å². The van der Waals surface area contributed by atoms with Crippen LogP contribution in [0.4, 0.5) is 10.5 Å². The number of amides is 2. The molecular weight excluding hydrogens is 164 g/mol. The van der Waals surface area contributed by atoms with E-state index < -0.39 is 0 Å². The number of anilines is 1. The highest BCUT2D eigenvalue weighted by atomic mass is 16.2. The molecule has 1 rings (SSSR count). The summed E-state index contributed by atoms with van der Waals surface area (Å²) in [7, 11) is 0. The second-order valence-corrected chi connectivity index (χ2v) is 2.85. The Kier molecular flexibility index (Phi) is 3.31. The van der Waals surface area contributed by atoms with E-state index in [1.807, 2.05) is 38.1 Å². The topological polar surface area (TPSA) is 41.1 Å². The Labute approximate surface area is 78.2 Å². The van der Waals surface area contributed by atoms with Crippen LogP contribution in [0.15, 0.2) is 24.3 Å². The van der Waals surface area contributed by atoms with Crippen molar-refractivity contribution in [1.29, 1.82) is 0 Å². The molecule has 0 radical (unpaired) electrons. The molecule has 0 aliphatic rings. The molecule has 0 spiro atoms. The fourth-order valence-electron chi connectivity index (χ4n) is 0.973. The molecule has 0 bridgehead atoms. The summed E-state index contributed by atoms with van der Waals surface area (Å²) in [5, 5.41) is 5.38. The van der Waals surface area contributed by atoms with Gasteiger partial charge in [-0.05, 0) is 26.0 Å². The summed E-state index contributed by atoms with van der Waals surface area (Å²) in [6.45, 7) is 4.53. The molecule has 0 fully saturated rings. The van der Waals surface area contributed by atoms with E-state index in [9.17, 15) is 4.79 Å². The largest absolute Gasteiger partial charge is 0.338 e. The molecule has 2 amide bonds. The molecule has 0 saturated heterocycles. The van der Waals surface area contributed by atoms with Gasteiger partial charge in [-0.1, -0.05) is 17.7 Å². The Balaban J connectivity index is 2.54. The van der Waals surface area contributed by atoms with Crippen molar-refractivity contribution >= 4 is 11.7 Å². The van der Waals surface area contributed by atoms with E-state index in [0.717, 1.165) is 5.69 Å². The van der Waals surface area contributed by atoms with E-state index in [2.05, 4.69) is 10.6 Å². The van der Waals surface area contributed by atoms with Crippen LogP contribution in [-0.2, 0) is 0 Å². The zero-order chi connectivity index (χ0) is 9.68. The fraction of sp³-hybridized carbons (Fsp3) is 0.300. The van der Waals surface area contributed by atoms with E-state index in [-0.39, 0.29) is 6.03 Å². The van der Waals surface area contributed by atoms with Gasteiger partial charge in [0, 0.05) is 12.2 Å². The number of hydrogen-bond acceptors (Lipinski definition) is 1. The van der Waals surface area contributed by atoms with Crippen LogP contribution in [-0.4, -0.2) is 12.6 Å². The minimum atomic E-state index is -0.161. The van der Waals surface area contributed by atoms with Gasteiger partial charge in [-0.15, -0.1) is 0 Å². The van der Waals surface area contributed by atoms with Crippen molar-refractivity contribution in [3.05, 3.63) is 29.8 Å². The number of benzene rings is 1. The molecule has 0 unspecified atom stereocenters. The van der Waals surface area contributed by atoms with Gasteiger partial charge in [0.1, 0.15) is 0 Å². The molecule has 0 aliphatic carbocycles. The molecule has 3 nitrogen and oxygen atoms in total. The van der Waals surface area contributed by atoms with Crippen LogP contribution in [0.2, 0.25) is 0 Å². The molecule has 1 aromatic carbocycles. The second kappa shape index (κ2) is 4.50. The van der Waals surface area contributed by atoms with Crippen LogP contribution < -0.4 is 10.6 Å². The summed E-state index contributed by atoms with van der Waals surface area (Å²) in [6, 6.07) is 7.52. The van der Waals surface area contributed by atoms with Crippen molar-refractivity contribution in [1.82, 2.24) is 5.32 Å². The Hall–Kier alpha value is -1.51. The maximum absolute atomic E-state index is 11.1. The first-order valence-corrected chi connectivity index (χ1v) is 4.34. The molecule has 0 aliphatic heterocycles. The van der Waals surface area contributed by atoms with Gasteiger partial charge in [0.25, 0.3) is 0 Å². The first-order chi connectivity index (χ1) is 6.22. The van der Waals surface area contributed by atoms with Gasteiger partial charge in [0.15, 0.2) is 0 Å². The number of aryl methyl sites for hydroxylation is 1. The molecule has 70 valence electrons. The summed E-state index contributed by atoms with van der Waals surface area (Å²) < 4.78 is 0.